The first-order chi connectivity index (χ1) is 11.8. The number of amides is 1. The van der Waals surface area contributed by atoms with Gasteiger partial charge in [-0.05, 0) is 24.6 Å². The average molecular weight is 327 g/mol. The van der Waals surface area contributed by atoms with E-state index in [0.29, 0.717) is 24.8 Å². The molecule has 0 spiro atoms. The highest BCUT2D eigenvalue weighted by molar-refractivity contribution is 5.92. The molecule has 4 rings (SSSR count). The lowest BCUT2D eigenvalue weighted by atomic mass is 9.93. The third kappa shape index (κ3) is 2.99. The molecule has 2 atom stereocenters. The number of nitrogens with one attached hydrogen (secondary N) is 1. The van der Waals surface area contributed by atoms with E-state index in [4.69, 9.17) is 4.74 Å². The molecular formula is C17H21N5O2. The Kier molecular flexibility index (Phi) is 4.17. The lowest BCUT2D eigenvalue weighted by Crippen LogP contribution is -2.49. The Labute approximate surface area is 140 Å². The summed E-state index contributed by atoms with van der Waals surface area (Å²) in [5, 5.41) is 0. The number of aromatic nitrogens is 3. The molecular weight excluding hydrogens is 306 g/mol. The van der Waals surface area contributed by atoms with Crippen LogP contribution in [0.1, 0.15) is 16.9 Å². The summed E-state index contributed by atoms with van der Waals surface area (Å²) in [6, 6.07) is 5.49. The van der Waals surface area contributed by atoms with E-state index in [1.54, 1.807) is 18.6 Å². The average Bonchev–Trinajstić information content (AvgIpc) is 3.08. The number of rotatable bonds is 2. The van der Waals surface area contributed by atoms with E-state index in [-0.39, 0.29) is 12.0 Å². The first kappa shape index (κ1) is 15.1. The second kappa shape index (κ2) is 6.60. The summed E-state index contributed by atoms with van der Waals surface area (Å²) in [6.45, 7) is 3.68. The van der Waals surface area contributed by atoms with Crippen molar-refractivity contribution in [1.29, 1.82) is 0 Å². The van der Waals surface area contributed by atoms with Crippen molar-refractivity contribution < 1.29 is 9.53 Å². The van der Waals surface area contributed by atoms with Gasteiger partial charge < -0.3 is 19.5 Å². The quantitative estimate of drug-likeness (QED) is 0.896. The predicted octanol–water partition coefficient (Wildman–Crippen LogP) is 1.17. The van der Waals surface area contributed by atoms with Crippen LogP contribution in [0.25, 0.3) is 0 Å². The van der Waals surface area contributed by atoms with Gasteiger partial charge in [-0.2, -0.15) is 0 Å². The third-order valence-corrected chi connectivity index (χ3v) is 4.79. The fourth-order valence-electron chi connectivity index (χ4n) is 3.51. The lowest BCUT2D eigenvalue weighted by molar-refractivity contribution is -0.0170. The SMILES string of the molecule is O=C(c1ccc[nH]1)N1CC[C@@H]2CN(c3ncccn3)CCO[C@H]2C1. The Balaban J connectivity index is 1.44. The third-order valence-electron chi connectivity index (χ3n) is 4.79. The van der Waals surface area contributed by atoms with Gasteiger partial charge >= 0.3 is 0 Å². The highest BCUT2D eigenvalue weighted by Gasteiger charge is 2.35. The zero-order valence-electron chi connectivity index (χ0n) is 13.5. The van der Waals surface area contributed by atoms with E-state index in [1.165, 1.54) is 0 Å². The number of ether oxygens (including phenoxy) is 1. The highest BCUT2D eigenvalue weighted by atomic mass is 16.5. The molecule has 0 aromatic carbocycles. The van der Waals surface area contributed by atoms with Crippen molar-refractivity contribution in [1.82, 2.24) is 19.9 Å². The second-order valence-corrected chi connectivity index (χ2v) is 6.29. The summed E-state index contributed by atoms with van der Waals surface area (Å²) in [5.74, 6) is 1.20. The van der Waals surface area contributed by atoms with E-state index in [0.717, 1.165) is 32.0 Å². The number of likely N-dealkylation sites (tertiary alicyclic amines) is 1. The minimum atomic E-state index is 0.0505. The van der Waals surface area contributed by atoms with Crippen molar-refractivity contribution in [2.45, 2.75) is 12.5 Å². The first-order valence-corrected chi connectivity index (χ1v) is 8.37. The maximum absolute atomic E-state index is 12.5. The maximum Gasteiger partial charge on any atom is 0.270 e. The van der Waals surface area contributed by atoms with Gasteiger partial charge in [-0.3, -0.25) is 4.79 Å². The Morgan fingerprint density at radius 3 is 2.88 bits per heavy atom. The number of aromatic amines is 1. The molecule has 2 saturated heterocycles. The molecule has 2 fully saturated rings. The normalized spacial score (nSPS) is 24.3. The van der Waals surface area contributed by atoms with Gasteiger partial charge in [-0.15, -0.1) is 0 Å². The van der Waals surface area contributed by atoms with Crippen LogP contribution in [-0.2, 0) is 4.74 Å². The summed E-state index contributed by atoms with van der Waals surface area (Å²) in [7, 11) is 0. The second-order valence-electron chi connectivity index (χ2n) is 6.29. The Hall–Kier alpha value is -2.41. The first-order valence-electron chi connectivity index (χ1n) is 8.37. The number of H-pyrrole nitrogens is 1. The van der Waals surface area contributed by atoms with Crippen LogP contribution in [0.2, 0.25) is 0 Å². The summed E-state index contributed by atoms with van der Waals surface area (Å²) >= 11 is 0. The molecule has 1 amide bonds. The summed E-state index contributed by atoms with van der Waals surface area (Å²) in [6.07, 6.45) is 6.32. The van der Waals surface area contributed by atoms with Crippen LogP contribution >= 0.6 is 0 Å². The highest BCUT2D eigenvalue weighted by Crippen LogP contribution is 2.26. The molecule has 126 valence electrons. The number of nitrogens with zero attached hydrogens (tertiary/aromatic N) is 4. The van der Waals surface area contributed by atoms with Crippen molar-refractivity contribution in [3.63, 3.8) is 0 Å². The number of fused-ring (bicyclic) bond motifs is 1. The molecule has 7 heteroatoms. The van der Waals surface area contributed by atoms with Crippen LogP contribution in [0.4, 0.5) is 5.95 Å². The lowest BCUT2D eigenvalue weighted by Gasteiger charge is -2.37. The van der Waals surface area contributed by atoms with Crippen molar-refractivity contribution in [2.24, 2.45) is 5.92 Å². The van der Waals surface area contributed by atoms with Crippen LogP contribution in [-0.4, -0.2) is 64.6 Å². The van der Waals surface area contributed by atoms with E-state index in [9.17, 15) is 4.79 Å². The van der Waals surface area contributed by atoms with Crippen molar-refractivity contribution >= 4 is 11.9 Å². The molecule has 2 aliphatic rings. The zero-order chi connectivity index (χ0) is 16.4. The van der Waals surface area contributed by atoms with Crippen LogP contribution in [0.5, 0.6) is 0 Å². The molecule has 4 heterocycles. The summed E-state index contributed by atoms with van der Waals surface area (Å²) in [5.41, 5.74) is 0.640. The Morgan fingerprint density at radius 2 is 2.08 bits per heavy atom. The largest absolute Gasteiger partial charge is 0.374 e. The molecule has 7 nitrogen and oxygen atoms in total. The van der Waals surface area contributed by atoms with Gasteiger partial charge in [-0.25, -0.2) is 9.97 Å². The van der Waals surface area contributed by atoms with E-state index >= 15 is 0 Å². The molecule has 2 aromatic rings. The number of hydrogen-bond acceptors (Lipinski definition) is 5. The molecule has 0 saturated carbocycles. The summed E-state index contributed by atoms with van der Waals surface area (Å²) < 4.78 is 6.06. The predicted molar refractivity (Wildman–Crippen MR) is 88.8 cm³/mol. The molecule has 1 N–H and O–H groups in total. The van der Waals surface area contributed by atoms with Gasteiger partial charge in [0.1, 0.15) is 5.69 Å². The smallest absolute Gasteiger partial charge is 0.270 e. The zero-order valence-corrected chi connectivity index (χ0v) is 13.5. The van der Waals surface area contributed by atoms with Gasteiger partial charge in [0.15, 0.2) is 0 Å². The van der Waals surface area contributed by atoms with Gasteiger partial charge in [0.25, 0.3) is 5.91 Å². The van der Waals surface area contributed by atoms with E-state index in [1.807, 2.05) is 23.1 Å². The molecule has 24 heavy (non-hydrogen) atoms. The van der Waals surface area contributed by atoms with Crippen LogP contribution in [0.15, 0.2) is 36.8 Å². The summed E-state index contributed by atoms with van der Waals surface area (Å²) in [4.78, 5) is 28.3. The Morgan fingerprint density at radius 1 is 1.21 bits per heavy atom. The van der Waals surface area contributed by atoms with E-state index < -0.39 is 0 Å². The fraction of sp³-hybridized carbons (Fsp3) is 0.471. The van der Waals surface area contributed by atoms with Crippen molar-refractivity contribution in [3.8, 4) is 0 Å². The maximum atomic E-state index is 12.5. The van der Waals surface area contributed by atoms with Gasteiger partial charge in [0, 0.05) is 50.7 Å². The van der Waals surface area contributed by atoms with Gasteiger partial charge in [0.2, 0.25) is 5.95 Å². The Bertz CT molecular complexity index is 676. The molecule has 0 radical (unpaired) electrons. The van der Waals surface area contributed by atoms with Gasteiger partial charge in [-0.1, -0.05) is 0 Å². The topological polar surface area (TPSA) is 74.4 Å². The number of hydrogen-bond donors (Lipinski definition) is 1. The number of anilines is 1. The van der Waals surface area contributed by atoms with Crippen LogP contribution < -0.4 is 4.90 Å². The van der Waals surface area contributed by atoms with Crippen LogP contribution in [0.3, 0.4) is 0 Å². The standard InChI is InChI=1S/C17H21N5O2/c23-16(14-3-1-5-18-14)21-8-4-13-11-22(9-10-24-15(13)12-21)17-19-6-2-7-20-17/h1-3,5-7,13,15,18H,4,8-12H2/t13-,15+/m1/s1. The molecule has 2 aliphatic heterocycles. The monoisotopic (exact) mass is 327 g/mol. The molecule has 0 bridgehead atoms. The number of carbonyl (C=O) groups excluding carboxylic acids is 1. The molecule has 0 aliphatic carbocycles. The van der Waals surface area contributed by atoms with Crippen molar-refractivity contribution in [2.75, 3.05) is 37.7 Å². The van der Waals surface area contributed by atoms with E-state index in [2.05, 4.69) is 19.9 Å². The minimum absolute atomic E-state index is 0.0505. The fourth-order valence-corrected chi connectivity index (χ4v) is 3.51. The molecule has 0 unspecified atom stereocenters. The minimum Gasteiger partial charge on any atom is -0.374 e. The number of carbonyl (C=O) groups is 1. The van der Waals surface area contributed by atoms with Crippen LogP contribution in [0, 0.1) is 5.92 Å². The van der Waals surface area contributed by atoms with Crippen molar-refractivity contribution in [3.05, 3.63) is 42.5 Å². The molecule has 2 aromatic heterocycles. The number of piperidine rings is 1. The van der Waals surface area contributed by atoms with Gasteiger partial charge in [0.05, 0.1) is 12.7 Å².